The minimum absolute atomic E-state index is 0.0900. The molecule has 0 unspecified atom stereocenters. The number of sulfonamides is 1. The Morgan fingerprint density at radius 3 is 2.48 bits per heavy atom. The van der Waals surface area contributed by atoms with Crippen LogP contribution < -0.4 is 5.32 Å². The Labute approximate surface area is 154 Å². The number of rotatable bonds is 5. The van der Waals surface area contributed by atoms with Gasteiger partial charge in [-0.05, 0) is 43.2 Å². The summed E-state index contributed by atoms with van der Waals surface area (Å²) in [6.07, 6.45) is 0.569. The van der Waals surface area contributed by atoms with Crippen LogP contribution in [-0.4, -0.2) is 42.8 Å². The number of hydrogen-bond acceptors (Lipinski definition) is 5. The van der Waals surface area contributed by atoms with Crippen molar-refractivity contribution >= 4 is 27.6 Å². The van der Waals surface area contributed by atoms with E-state index in [0.717, 1.165) is 16.4 Å². The number of amides is 1. The van der Waals surface area contributed by atoms with Crippen LogP contribution in [0.1, 0.15) is 23.4 Å². The monoisotopic (exact) mass is 396 g/mol. The van der Waals surface area contributed by atoms with E-state index in [1.807, 2.05) is 0 Å². The first kappa shape index (κ1) is 19.1. The normalized spacial score (nSPS) is 16.2. The number of anilines is 1. The van der Waals surface area contributed by atoms with Crippen LogP contribution in [0, 0.1) is 11.7 Å². The second-order valence-corrected chi connectivity index (χ2v) is 7.97. The molecule has 10 heteroatoms. The number of carboxylic acids is 1. The van der Waals surface area contributed by atoms with Gasteiger partial charge in [-0.15, -0.1) is 0 Å². The molecule has 0 spiro atoms. The Hall–Kier alpha value is -2.72. The van der Waals surface area contributed by atoms with E-state index >= 15 is 0 Å². The summed E-state index contributed by atoms with van der Waals surface area (Å²) in [5, 5.41) is 11.0. The smallest absolute Gasteiger partial charge is 0.371 e. The van der Waals surface area contributed by atoms with E-state index in [0.29, 0.717) is 5.69 Å². The van der Waals surface area contributed by atoms with E-state index in [1.165, 1.54) is 18.2 Å². The van der Waals surface area contributed by atoms with Gasteiger partial charge in [0.1, 0.15) is 5.82 Å². The SMILES string of the molecule is O=C(O)c1ccc(S(=O)(=O)N2CCC(C(=O)Nc3cccc(F)c3)CC2)o1. The average Bonchev–Trinajstić information content (AvgIpc) is 3.13. The topological polar surface area (TPSA) is 117 Å². The Bertz CT molecular complexity index is 963. The van der Waals surface area contributed by atoms with E-state index in [4.69, 9.17) is 9.52 Å². The third kappa shape index (κ3) is 4.17. The van der Waals surface area contributed by atoms with Gasteiger partial charge in [0.2, 0.25) is 16.8 Å². The molecule has 1 amide bonds. The third-order valence-electron chi connectivity index (χ3n) is 4.30. The van der Waals surface area contributed by atoms with Crippen molar-refractivity contribution in [1.29, 1.82) is 0 Å². The van der Waals surface area contributed by atoms with Crippen molar-refractivity contribution in [3.05, 3.63) is 48.0 Å². The zero-order valence-corrected chi connectivity index (χ0v) is 14.9. The summed E-state index contributed by atoms with van der Waals surface area (Å²) in [6, 6.07) is 7.69. The molecule has 1 aliphatic rings. The van der Waals surface area contributed by atoms with Crippen molar-refractivity contribution in [2.75, 3.05) is 18.4 Å². The van der Waals surface area contributed by atoms with E-state index in [-0.39, 0.29) is 31.8 Å². The van der Waals surface area contributed by atoms with Crippen molar-refractivity contribution in [2.24, 2.45) is 5.92 Å². The number of halogens is 1. The number of carbonyl (C=O) groups is 2. The standard InChI is InChI=1S/C17H17FN2O6S/c18-12-2-1-3-13(10-12)19-16(21)11-6-8-20(9-7-11)27(24,25)15-5-4-14(26-15)17(22)23/h1-5,10-11H,6-9H2,(H,19,21)(H,22,23). The first-order valence-electron chi connectivity index (χ1n) is 8.17. The minimum atomic E-state index is -3.97. The minimum Gasteiger partial charge on any atom is -0.475 e. The molecule has 1 aromatic carbocycles. The fourth-order valence-electron chi connectivity index (χ4n) is 2.87. The number of furan rings is 1. The molecule has 1 saturated heterocycles. The summed E-state index contributed by atoms with van der Waals surface area (Å²) < 4.78 is 44.3. The van der Waals surface area contributed by atoms with Gasteiger partial charge < -0.3 is 14.8 Å². The van der Waals surface area contributed by atoms with Crippen LogP contribution in [0.5, 0.6) is 0 Å². The summed E-state index contributed by atoms with van der Waals surface area (Å²) in [6.45, 7) is 0.180. The Kier molecular flexibility index (Phi) is 5.29. The fraction of sp³-hybridized carbons (Fsp3) is 0.294. The van der Waals surface area contributed by atoms with Gasteiger partial charge in [-0.1, -0.05) is 6.07 Å². The zero-order valence-electron chi connectivity index (χ0n) is 14.1. The van der Waals surface area contributed by atoms with Crippen LogP contribution >= 0.6 is 0 Å². The van der Waals surface area contributed by atoms with Crippen molar-refractivity contribution in [2.45, 2.75) is 17.9 Å². The van der Waals surface area contributed by atoms with Gasteiger partial charge in [-0.3, -0.25) is 4.79 Å². The lowest BCUT2D eigenvalue weighted by molar-refractivity contribution is -0.120. The molecule has 2 heterocycles. The van der Waals surface area contributed by atoms with Crippen LogP contribution in [-0.2, 0) is 14.8 Å². The highest BCUT2D eigenvalue weighted by molar-refractivity contribution is 7.89. The predicted octanol–water partition coefficient (Wildman–Crippen LogP) is 2.16. The van der Waals surface area contributed by atoms with E-state index in [1.54, 1.807) is 6.07 Å². The second kappa shape index (κ2) is 7.49. The van der Waals surface area contributed by atoms with E-state index in [9.17, 15) is 22.4 Å². The molecule has 1 fully saturated rings. The first-order valence-corrected chi connectivity index (χ1v) is 9.61. The van der Waals surface area contributed by atoms with Gasteiger partial charge in [0, 0.05) is 24.7 Å². The quantitative estimate of drug-likeness (QED) is 0.800. The Morgan fingerprint density at radius 2 is 1.89 bits per heavy atom. The Balaban J connectivity index is 1.62. The van der Waals surface area contributed by atoms with Crippen LogP contribution in [0.4, 0.5) is 10.1 Å². The molecule has 0 saturated carbocycles. The highest BCUT2D eigenvalue weighted by Crippen LogP contribution is 2.26. The predicted molar refractivity (Wildman–Crippen MR) is 92.2 cm³/mol. The molecular formula is C17H17FN2O6S. The van der Waals surface area contributed by atoms with E-state index < -0.39 is 38.6 Å². The van der Waals surface area contributed by atoms with Gasteiger partial charge in [-0.25, -0.2) is 17.6 Å². The third-order valence-corrected chi connectivity index (χ3v) is 6.08. The molecule has 0 atom stereocenters. The maximum Gasteiger partial charge on any atom is 0.371 e. The summed E-state index contributed by atoms with van der Waals surface area (Å²) >= 11 is 0. The van der Waals surface area contributed by atoms with Crippen molar-refractivity contribution in [1.82, 2.24) is 4.31 Å². The van der Waals surface area contributed by atoms with Crippen LogP contribution in [0.25, 0.3) is 0 Å². The van der Waals surface area contributed by atoms with E-state index in [2.05, 4.69) is 5.32 Å². The van der Waals surface area contributed by atoms with Gasteiger partial charge in [0.05, 0.1) is 0 Å². The first-order chi connectivity index (χ1) is 12.8. The molecule has 144 valence electrons. The number of aromatic carboxylic acids is 1. The largest absolute Gasteiger partial charge is 0.475 e. The lowest BCUT2D eigenvalue weighted by Crippen LogP contribution is -2.41. The van der Waals surface area contributed by atoms with Crippen molar-refractivity contribution in [3.63, 3.8) is 0 Å². The van der Waals surface area contributed by atoms with Gasteiger partial charge >= 0.3 is 5.97 Å². The number of hydrogen-bond donors (Lipinski definition) is 2. The molecule has 3 rings (SSSR count). The summed E-state index contributed by atoms with van der Waals surface area (Å²) in [7, 11) is -3.97. The molecule has 1 aliphatic heterocycles. The molecule has 27 heavy (non-hydrogen) atoms. The van der Waals surface area contributed by atoms with Crippen LogP contribution in [0.3, 0.4) is 0 Å². The number of benzene rings is 1. The molecule has 8 nitrogen and oxygen atoms in total. The second-order valence-electron chi connectivity index (χ2n) is 6.10. The lowest BCUT2D eigenvalue weighted by Gasteiger charge is -2.29. The van der Waals surface area contributed by atoms with Gasteiger partial charge in [0.25, 0.3) is 10.0 Å². The lowest BCUT2D eigenvalue weighted by atomic mass is 9.97. The van der Waals surface area contributed by atoms with Crippen LogP contribution in [0.15, 0.2) is 45.9 Å². The maximum atomic E-state index is 13.2. The fourth-order valence-corrected chi connectivity index (χ4v) is 4.25. The zero-order chi connectivity index (χ0) is 19.6. The number of piperidine rings is 1. The molecule has 2 N–H and O–H groups in total. The molecule has 2 aromatic rings. The molecule has 0 aliphatic carbocycles. The van der Waals surface area contributed by atoms with Gasteiger partial charge in [-0.2, -0.15) is 4.31 Å². The molecule has 1 aromatic heterocycles. The molecular weight excluding hydrogens is 379 g/mol. The molecule has 0 radical (unpaired) electrons. The van der Waals surface area contributed by atoms with Crippen molar-refractivity contribution < 1.29 is 31.9 Å². The van der Waals surface area contributed by atoms with Crippen LogP contribution in [0.2, 0.25) is 0 Å². The summed E-state index contributed by atoms with van der Waals surface area (Å²) in [4.78, 5) is 23.1. The summed E-state index contributed by atoms with van der Waals surface area (Å²) in [5.74, 6) is -3.00. The molecule has 0 bridgehead atoms. The number of nitrogens with one attached hydrogen (secondary N) is 1. The average molecular weight is 396 g/mol. The Morgan fingerprint density at radius 1 is 1.19 bits per heavy atom. The van der Waals surface area contributed by atoms with Crippen molar-refractivity contribution in [3.8, 4) is 0 Å². The summed E-state index contributed by atoms with van der Waals surface area (Å²) in [5.41, 5.74) is 0.340. The highest BCUT2D eigenvalue weighted by Gasteiger charge is 2.34. The highest BCUT2D eigenvalue weighted by atomic mass is 32.2. The number of nitrogens with zero attached hydrogens (tertiary/aromatic N) is 1. The number of carboxylic acid groups (broad SMARTS) is 1. The van der Waals surface area contributed by atoms with Gasteiger partial charge in [0.15, 0.2) is 0 Å². The number of carbonyl (C=O) groups excluding carboxylic acids is 1. The maximum absolute atomic E-state index is 13.2.